The molecular formula is C48H45N3. The van der Waals surface area contributed by atoms with Gasteiger partial charge in [-0.25, -0.2) is 0 Å². The molecule has 0 bridgehead atoms. The van der Waals surface area contributed by atoms with Gasteiger partial charge in [0.2, 0.25) is 0 Å². The average molecular weight is 664 g/mol. The summed E-state index contributed by atoms with van der Waals surface area (Å²) in [5.74, 6) is 0. The molecular weight excluding hydrogens is 619 g/mol. The van der Waals surface area contributed by atoms with E-state index in [1.807, 2.05) is 0 Å². The molecule has 0 radical (unpaired) electrons. The van der Waals surface area contributed by atoms with Gasteiger partial charge in [0, 0.05) is 28.4 Å². The SMILES string of the molecule is Cc1ccccc1N(c1ccccc1C)c1cccc(N(c2ccccc2)c2cccc(N(c3ccccc3C)c3ccccc3C)c2C)c1C. The largest absolute Gasteiger partial charge is 0.310 e. The Kier molecular flexibility index (Phi) is 9.46. The predicted octanol–water partition coefficient (Wildman–Crippen LogP) is 13.9. The minimum Gasteiger partial charge on any atom is -0.310 e. The third-order valence-electron chi connectivity index (χ3n) is 9.96. The number of nitrogens with zero attached hydrogens (tertiary/aromatic N) is 3. The van der Waals surface area contributed by atoms with Crippen LogP contribution < -0.4 is 14.7 Å². The van der Waals surface area contributed by atoms with E-state index in [1.165, 1.54) is 56.1 Å². The minimum absolute atomic E-state index is 1.11. The van der Waals surface area contributed by atoms with E-state index in [0.717, 1.165) is 28.4 Å². The van der Waals surface area contributed by atoms with Gasteiger partial charge in [0.25, 0.3) is 0 Å². The van der Waals surface area contributed by atoms with Crippen LogP contribution in [0.2, 0.25) is 0 Å². The molecule has 0 N–H and O–H groups in total. The first-order valence-electron chi connectivity index (χ1n) is 17.7. The zero-order chi connectivity index (χ0) is 35.5. The summed E-state index contributed by atoms with van der Waals surface area (Å²) in [4.78, 5) is 7.28. The third kappa shape index (κ3) is 6.39. The first-order valence-corrected chi connectivity index (χ1v) is 17.7. The molecule has 0 amide bonds. The normalized spacial score (nSPS) is 10.9. The molecule has 0 aromatic heterocycles. The molecule has 0 atom stereocenters. The van der Waals surface area contributed by atoms with Crippen LogP contribution >= 0.6 is 0 Å². The number of hydrogen-bond donors (Lipinski definition) is 0. The molecule has 3 heteroatoms. The maximum Gasteiger partial charge on any atom is 0.0511 e. The summed E-state index contributed by atoms with van der Waals surface area (Å²) < 4.78 is 0. The van der Waals surface area contributed by atoms with Crippen LogP contribution in [-0.2, 0) is 0 Å². The Labute approximate surface area is 303 Å². The first-order chi connectivity index (χ1) is 24.8. The zero-order valence-electron chi connectivity index (χ0n) is 30.4. The lowest BCUT2D eigenvalue weighted by molar-refractivity contribution is 1.16. The van der Waals surface area contributed by atoms with Crippen LogP contribution in [0.4, 0.5) is 51.2 Å². The van der Waals surface area contributed by atoms with Crippen molar-refractivity contribution in [3.63, 3.8) is 0 Å². The van der Waals surface area contributed by atoms with E-state index < -0.39 is 0 Å². The van der Waals surface area contributed by atoms with Crippen molar-refractivity contribution in [2.45, 2.75) is 41.5 Å². The molecule has 0 unspecified atom stereocenters. The summed E-state index contributed by atoms with van der Waals surface area (Å²) in [7, 11) is 0. The second-order valence-electron chi connectivity index (χ2n) is 13.3. The highest BCUT2D eigenvalue weighted by molar-refractivity contribution is 5.91. The smallest absolute Gasteiger partial charge is 0.0511 e. The van der Waals surface area contributed by atoms with Crippen molar-refractivity contribution in [1.82, 2.24) is 0 Å². The molecule has 0 saturated carbocycles. The number of hydrogen-bond acceptors (Lipinski definition) is 3. The molecule has 0 aliphatic carbocycles. The van der Waals surface area contributed by atoms with Gasteiger partial charge in [0.05, 0.1) is 22.7 Å². The van der Waals surface area contributed by atoms with Crippen LogP contribution in [0.5, 0.6) is 0 Å². The summed E-state index contributed by atoms with van der Waals surface area (Å²) in [5.41, 5.74) is 17.6. The summed E-state index contributed by atoms with van der Waals surface area (Å²) in [6, 6.07) is 58.8. The molecule has 7 aromatic carbocycles. The third-order valence-corrected chi connectivity index (χ3v) is 9.96. The maximum absolute atomic E-state index is 2.43. The van der Waals surface area contributed by atoms with Crippen LogP contribution in [0.25, 0.3) is 0 Å². The Morgan fingerprint density at radius 2 is 0.490 bits per heavy atom. The zero-order valence-corrected chi connectivity index (χ0v) is 30.4. The van der Waals surface area contributed by atoms with Crippen molar-refractivity contribution in [2.75, 3.05) is 14.7 Å². The fraction of sp³-hybridized carbons (Fsp3) is 0.125. The average Bonchev–Trinajstić information content (AvgIpc) is 3.14. The molecule has 0 aliphatic heterocycles. The van der Waals surface area contributed by atoms with Gasteiger partial charge >= 0.3 is 0 Å². The van der Waals surface area contributed by atoms with E-state index in [9.17, 15) is 0 Å². The summed E-state index contributed by atoms with van der Waals surface area (Å²) >= 11 is 0. The second-order valence-corrected chi connectivity index (χ2v) is 13.3. The quantitative estimate of drug-likeness (QED) is 0.152. The van der Waals surface area contributed by atoms with E-state index >= 15 is 0 Å². The van der Waals surface area contributed by atoms with Gasteiger partial charge < -0.3 is 14.7 Å². The van der Waals surface area contributed by atoms with E-state index in [1.54, 1.807) is 0 Å². The molecule has 0 aliphatic rings. The van der Waals surface area contributed by atoms with Crippen molar-refractivity contribution < 1.29 is 0 Å². The van der Waals surface area contributed by atoms with Gasteiger partial charge in [-0.05, 0) is 136 Å². The number of para-hydroxylation sites is 5. The van der Waals surface area contributed by atoms with Crippen molar-refractivity contribution in [3.8, 4) is 0 Å². The number of benzene rings is 7. The van der Waals surface area contributed by atoms with Crippen LogP contribution in [0.3, 0.4) is 0 Å². The molecule has 0 heterocycles. The lowest BCUT2D eigenvalue weighted by Crippen LogP contribution is -2.18. The lowest BCUT2D eigenvalue weighted by Gasteiger charge is -2.35. The van der Waals surface area contributed by atoms with E-state index in [0.29, 0.717) is 0 Å². The monoisotopic (exact) mass is 663 g/mol. The summed E-state index contributed by atoms with van der Waals surface area (Å²) in [5, 5.41) is 0. The highest BCUT2D eigenvalue weighted by atomic mass is 15.2. The summed E-state index contributed by atoms with van der Waals surface area (Å²) in [6.07, 6.45) is 0. The fourth-order valence-corrected chi connectivity index (χ4v) is 7.21. The van der Waals surface area contributed by atoms with Gasteiger partial charge in [0.1, 0.15) is 0 Å². The topological polar surface area (TPSA) is 9.72 Å². The Bertz CT molecular complexity index is 2070. The van der Waals surface area contributed by atoms with Gasteiger partial charge in [-0.1, -0.05) is 103 Å². The second kappa shape index (κ2) is 14.4. The molecule has 0 spiro atoms. The Hall–Kier alpha value is -6.06. The number of anilines is 9. The highest BCUT2D eigenvalue weighted by Gasteiger charge is 2.25. The molecule has 0 fully saturated rings. The van der Waals surface area contributed by atoms with Gasteiger partial charge in [0.15, 0.2) is 0 Å². The number of aryl methyl sites for hydroxylation is 4. The Morgan fingerprint density at radius 3 is 0.804 bits per heavy atom. The van der Waals surface area contributed by atoms with E-state index in [-0.39, 0.29) is 0 Å². The molecule has 7 aromatic rings. The van der Waals surface area contributed by atoms with Gasteiger partial charge in [-0.2, -0.15) is 0 Å². The molecule has 252 valence electrons. The molecule has 51 heavy (non-hydrogen) atoms. The fourth-order valence-electron chi connectivity index (χ4n) is 7.21. The van der Waals surface area contributed by atoms with Crippen molar-refractivity contribution in [2.24, 2.45) is 0 Å². The van der Waals surface area contributed by atoms with E-state index in [4.69, 9.17) is 0 Å². The van der Waals surface area contributed by atoms with Crippen LogP contribution in [0.15, 0.2) is 164 Å². The van der Waals surface area contributed by atoms with Gasteiger partial charge in [-0.3, -0.25) is 0 Å². The van der Waals surface area contributed by atoms with Gasteiger partial charge in [-0.15, -0.1) is 0 Å². The molecule has 0 saturated heterocycles. The van der Waals surface area contributed by atoms with Crippen molar-refractivity contribution >= 4 is 51.2 Å². The lowest BCUT2D eigenvalue weighted by atomic mass is 10.0. The summed E-state index contributed by atoms with van der Waals surface area (Å²) in [6.45, 7) is 13.3. The van der Waals surface area contributed by atoms with Crippen LogP contribution in [0, 0.1) is 41.5 Å². The first kappa shape index (κ1) is 33.4. The standard InChI is InChI=1S/C48H45N3/c1-34-20-10-14-26-41(34)50(42-27-15-11-21-35(42)2)47-32-18-30-45(38(47)5)49(40-24-8-7-9-25-40)46-31-19-33-48(39(46)6)51(43-28-16-12-22-36(43)3)44-29-17-13-23-37(44)4/h7-33H,1-6H3. The molecule has 3 nitrogen and oxygen atoms in total. The van der Waals surface area contributed by atoms with Crippen molar-refractivity contribution in [1.29, 1.82) is 0 Å². The highest BCUT2D eigenvalue weighted by Crippen LogP contribution is 2.48. The van der Waals surface area contributed by atoms with Crippen LogP contribution in [0.1, 0.15) is 33.4 Å². The number of rotatable bonds is 9. The Morgan fingerprint density at radius 1 is 0.235 bits per heavy atom. The van der Waals surface area contributed by atoms with Crippen LogP contribution in [-0.4, -0.2) is 0 Å². The predicted molar refractivity (Wildman–Crippen MR) is 219 cm³/mol. The Balaban J connectivity index is 1.46. The minimum atomic E-state index is 1.11. The van der Waals surface area contributed by atoms with Crippen molar-refractivity contribution in [3.05, 3.63) is 197 Å². The maximum atomic E-state index is 2.43. The molecule has 7 rings (SSSR count). The van der Waals surface area contributed by atoms with E-state index in [2.05, 4.69) is 220 Å².